The summed E-state index contributed by atoms with van der Waals surface area (Å²) in [6.07, 6.45) is 0. The van der Waals surface area contributed by atoms with Gasteiger partial charge in [-0.25, -0.2) is 8.42 Å². The summed E-state index contributed by atoms with van der Waals surface area (Å²) in [6.45, 7) is 0. The van der Waals surface area contributed by atoms with E-state index in [1.54, 1.807) is 6.07 Å². The van der Waals surface area contributed by atoms with Crippen molar-refractivity contribution in [1.82, 2.24) is 5.16 Å². The molecule has 0 atom stereocenters. The summed E-state index contributed by atoms with van der Waals surface area (Å²) < 4.78 is 26.5. The van der Waals surface area contributed by atoms with E-state index >= 15 is 0 Å². The van der Waals surface area contributed by atoms with E-state index in [0.29, 0.717) is 5.69 Å². The molecule has 0 N–H and O–H groups in total. The third-order valence-electron chi connectivity index (χ3n) is 1.94. The summed E-state index contributed by atoms with van der Waals surface area (Å²) in [5.41, 5.74) is 1.46. The molecule has 0 aliphatic heterocycles. The first-order valence-electron chi connectivity index (χ1n) is 4.48. The minimum absolute atomic E-state index is 0.230. The van der Waals surface area contributed by atoms with Crippen molar-refractivity contribution in [2.24, 2.45) is 0 Å². The molecular weight excluding hydrogens is 250 g/mol. The van der Waals surface area contributed by atoms with Gasteiger partial charge in [-0.3, -0.25) is 0 Å². The SMILES string of the molecule is O=S(=O)(Cl)Cc1cc(-c2ccccc2)no1. The molecular formula is C10H8ClNO3S. The first-order chi connectivity index (χ1) is 7.54. The van der Waals surface area contributed by atoms with Crippen molar-refractivity contribution in [1.29, 1.82) is 0 Å². The van der Waals surface area contributed by atoms with E-state index in [9.17, 15) is 8.42 Å². The van der Waals surface area contributed by atoms with Crippen LogP contribution < -0.4 is 0 Å². The number of benzene rings is 1. The summed E-state index contributed by atoms with van der Waals surface area (Å²) in [4.78, 5) is 0. The van der Waals surface area contributed by atoms with Gasteiger partial charge < -0.3 is 4.52 Å². The molecule has 0 aliphatic carbocycles. The predicted octanol–water partition coefficient (Wildman–Crippen LogP) is 2.41. The fourth-order valence-corrected chi connectivity index (χ4v) is 2.09. The Labute approximate surface area is 97.3 Å². The van der Waals surface area contributed by atoms with Crippen molar-refractivity contribution in [2.75, 3.05) is 0 Å². The topological polar surface area (TPSA) is 60.2 Å². The Morgan fingerprint density at radius 3 is 2.56 bits per heavy atom. The Morgan fingerprint density at radius 2 is 1.94 bits per heavy atom. The third kappa shape index (κ3) is 2.84. The quantitative estimate of drug-likeness (QED) is 0.793. The van der Waals surface area contributed by atoms with Gasteiger partial charge in [0.05, 0.1) is 0 Å². The smallest absolute Gasteiger partial charge is 0.239 e. The lowest BCUT2D eigenvalue weighted by Crippen LogP contribution is -1.92. The number of rotatable bonds is 3. The maximum atomic E-state index is 10.8. The molecule has 4 nitrogen and oxygen atoms in total. The largest absolute Gasteiger partial charge is 0.360 e. The molecule has 0 bridgehead atoms. The van der Waals surface area contributed by atoms with Crippen molar-refractivity contribution < 1.29 is 12.9 Å². The highest BCUT2D eigenvalue weighted by molar-refractivity contribution is 8.13. The Bertz CT molecular complexity index is 577. The van der Waals surface area contributed by atoms with Gasteiger partial charge in [0, 0.05) is 22.3 Å². The molecule has 2 aromatic rings. The zero-order chi connectivity index (χ0) is 11.6. The Kier molecular flexibility index (Phi) is 2.98. The second kappa shape index (κ2) is 4.27. The highest BCUT2D eigenvalue weighted by Crippen LogP contribution is 2.20. The number of nitrogens with zero attached hydrogens (tertiary/aromatic N) is 1. The molecule has 0 saturated carbocycles. The molecule has 16 heavy (non-hydrogen) atoms. The second-order valence-electron chi connectivity index (χ2n) is 3.23. The van der Waals surface area contributed by atoms with Gasteiger partial charge in [-0.1, -0.05) is 35.5 Å². The van der Waals surface area contributed by atoms with Crippen LogP contribution in [-0.2, 0) is 14.8 Å². The van der Waals surface area contributed by atoms with Gasteiger partial charge in [-0.15, -0.1) is 0 Å². The van der Waals surface area contributed by atoms with E-state index in [2.05, 4.69) is 5.16 Å². The molecule has 0 aliphatic rings. The van der Waals surface area contributed by atoms with Crippen molar-refractivity contribution in [3.05, 3.63) is 42.2 Å². The highest BCUT2D eigenvalue weighted by Gasteiger charge is 2.13. The van der Waals surface area contributed by atoms with Crippen molar-refractivity contribution >= 4 is 19.7 Å². The molecule has 0 amide bonds. The van der Waals surface area contributed by atoms with Crippen LogP contribution in [0.3, 0.4) is 0 Å². The van der Waals surface area contributed by atoms with E-state index in [0.717, 1.165) is 5.56 Å². The van der Waals surface area contributed by atoms with Crippen LogP contribution in [0.4, 0.5) is 0 Å². The lowest BCUT2D eigenvalue weighted by atomic mass is 10.1. The van der Waals surface area contributed by atoms with Crippen LogP contribution in [0.5, 0.6) is 0 Å². The molecule has 1 aromatic heterocycles. The predicted molar refractivity (Wildman–Crippen MR) is 60.4 cm³/mol. The van der Waals surface area contributed by atoms with Crippen LogP contribution in [0.25, 0.3) is 11.3 Å². The lowest BCUT2D eigenvalue weighted by molar-refractivity contribution is 0.395. The van der Waals surface area contributed by atoms with Crippen molar-refractivity contribution in [2.45, 2.75) is 5.75 Å². The van der Waals surface area contributed by atoms with Gasteiger partial charge in [0.25, 0.3) is 0 Å². The van der Waals surface area contributed by atoms with E-state index < -0.39 is 9.05 Å². The molecule has 2 rings (SSSR count). The fraction of sp³-hybridized carbons (Fsp3) is 0.100. The van der Waals surface area contributed by atoms with Gasteiger partial charge in [0.2, 0.25) is 9.05 Å². The highest BCUT2D eigenvalue weighted by atomic mass is 35.7. The van der Waals surface area contributed by atoms with Crippen LogP contribution in [0, 0.1) is 0 Å². The molecule has 6 heteroatoms. The van der Waals surface area contributed by atoms with E-state index in [4.69, 9.17) is 15.2 Å². The molecule has 0 radical (unpaired) electrons. The standard InChI is InChI=1S/C10H8ClNO3S/c11-16(13,14)7-9-6-10(12-15-9)8-4-2-1-3-5-8/h1-6H,7H2. The maximum absolute atomic E-state index is 10.8. The number of halogens is 1. The van der Waals surface area contributed by atoms with E-state index in [-0.39, 0.29) is 11.5 Å². The van der Waals surface area contributed by atoms with E-state index in [1.807, 2.05) is 30.3 Å². The van der Waals surface area contributed by atoms with Crippen molar-refractivity contribution in [3.8, 4) is 11.3 Å². The molecule has 0 fully saturated rings. The van der Waals surface area contributed by atoms with Gasteiger partial charge >= 0.3 is 0 Å². The normalized spacial score (nSPS) is 11.6. The summed E-state index contributed by atoms with van der Waals surface area (Å²) >= 11 is 0. The van der Waals surface area contributed by atoms with Gasteiger partial charge in [-0.05, 0) is 0 Å². The second-order valence-corrected chi connectivity index (χ2v) is 6.00. The zero-order valence-electron chi connectivity index (χ0n) is 8.13. The monoisotopic (exact) mass is 257 g/mol. The summed E-state index contributed by atoms with van der Waals surface area (Å²) in [5.74, 6) is -0.122. The average Bonchev–Trinajstić information content (AvgIpc) is 2.65. The summed E-state index contributed by atoms with van der Waals surface area (Å²) in [5, 5.41) is 3.77. The zero-order valence-corrected chi connectivity index (χ0v) is 9.70. The average molecular weight is 258 g/mol. The van der Waals surface area contributed by atoms with Crippen molar-refractivity contribution in [3.63, 3.8) is 0 Å². The van der Waals surface area contributed by atoms with Crippen LogP contribution in [0.15, 0.2) is 40.9 Å². The Hall–Kier alpha value is -1.33. The number of hydrogen-bond acceptors (Lipinski definition) is 4. The van der Waals surface area contributed by atoms with Crippen LogP contribution in [-0.4, -0.2) is 13.6 Å². The number of hydrogen-bond donors (Lipinski definition) is 0. The maximum Gasteiger partial charge on any atom is 0.239 e. The molecule has 1 aromatic carbocycles. The van der Waals surface area contributed by atoms with Gasteiger partial charge in [0.15, 0.2) is 5.76 Å². The van der Waals surface area contributed by atoms with Crippen LogP contribution in [0.2, 0.25) is 0 Å². The first-order valence-corrected chi connectivity index (χ1v) is 6.96. The molecule has 0 saturated heterocycles. The molecule has 1 heterocycles. The summed E-state index contributed by atoms with van der Waals surface area (Å²) in [7, 11) is 1.50. The molecule has 0 spiro atoms. The van der Waals surface area contributed by atoms with Gasteiger partial charge in [0.1, 0.15) is 11.4 Å². The van der Waals surface area contributed by atoms with Gasteiger partial charge in [-0.2, -0.15) is 0 Å². The number of aromatic nitrogens is 1. The van der Waals surface area contributed by atoms with Crippen LogP contribution in [0.1, 0.15) is 5.76 Å². The third-order valence-corrected chi connectivity index (χ3v) is 2.90. The summed E-state index contributed by atoms with van der Waals surface area (Å²) in [6, 6.07) is 10.9. The fourth-order valence-electron chi connectivity index (χ4n) is 1.30. The Balaban J connectivity index is 2.27. The first kappa shape index (κ1) is 11.2. The minimum atomic E-state index is -3.61. The minimum Gasteiger partial charge on any atom is -0.360 e. The van der Waals surface area contributed by atoms with E-state index in [1.165, 1.54) is 0 Å². The molecule has 0 unspecified atom stereocenters. The van der Waals surface area contributed by atoms with Crippen LogP contribution >= 0.6 is 10.7 Å². The lowest BCUT2D eigenvalue weighted by Gasteiger charge is -1.91. The molecule has 84 valence electrons. The Morgan fingerprint density at radius 1 is 1.25 bits per heavy atom.